The van der Waals surface area contributed by atoms with Crippen LogP contribution in [0, 0.1) is 6.92 Å². The van der Waals surface area contributed by atoms with Crippen LogP contribution in [0.15, 0.2) is 36.4 Å². The molecule has 0 saturated carbocycles. The monoisotopic (exact) mass is 209 g/mol. The van der Waals surface area contributed by atoms with Gasteiger partial charge < -0.3 is 5.73 Å². The summed E-state index contributed by atoms with van der Waals surface area (Å²) in [5, 5.41) is 0. The molecule has 80 valence electrons. The minimum Gasteiger partial charge on any atom is -0.326 e. The average molecular weight is 209 g/mol. The van der Waals surface area contributed by atoms with Gasteiger partial charge in [0.25, 0.3) is 0 Å². The van der Waals surface area contributed by atoms with Crippen molar-refractivity contribution >= 4 is 0 Å². The minimum absolute atomic E-state index is 0.623. The predicted molar refractivity (Wildman–Crippen MR) is 67.3 cm³/mol. The lowest BCUT2D eigenvalue weighted by atomic mass is 9.97. The summed E-state index contributed by atoms with van der Waals surface area (Å²) in [6.07, 6.45) is 1.06. The van der Waals surface area contributed by atoms with E-state index >= 15 is 0 Å². The van der Waals surface area contributed by atoms with Gasteiger partial charge in [0.2, 0.25) is 0 Å². The van der Waals surface area contributed by atoms with E-state index in [2.05, 4.69) is 43.3 Å². The summed E-state index contributed by atoms with van der Waals surface area (Å²) >= 11 is 0. The average Bonchev–Trinajstić information content (AvgIpc) is 2.65. The first-order valence-corrected chi connectivity index (χ1v) is 5.70. The zero-order valence-corrected chi connectivity index (χ0v) is 9.46. The molecule has 0 radical (unpaired) electrons. The van der Waals surface area contributed by atoms with E-state index in [9.17, 15) is 0 Å². The minimum atomic E-state index is 0.623. The van der Waals surface area contributed by atoms with Crippen molar-refractivity contribution in [1.29, 1.82) is 0 Å². The van der Waals surface area contributed by atoms with Gasteiger partial charge in [-0.25, -0.2) is 0 Å². The van der Waals surface area contributed by atoms with Crippen molar-refractivity contribution in [3.8, 4) is 11.1 Å². The molecule has 0 bridgehead atoms. The molecule has 1 heteroatoms. The second-order valence-corrected chi connectivity index (χ2v) is 4.50. The first-order valence-electron chi connectivity index (χ1n) is 5.70. The Morgan fingerprint density at radius 2 is 1.94 bits per heavy atom. The maximum absolute atomic E-state index is 5.85. The maximum Gasteiger partial charge on any atom is 0.0184 e. The highest BCUT2D eigenvalue weighted by Crippen LogP contribution is 2.39. The summed E-state index contributed by atoms with van der Waals surface area (Å²) in [6.45, 7) is 2.76. The molecule has 0 atom stereocenters. The lowest BCUT2D eigenvalue weighted by Crippen LogP contribution is -2.00. The Morgan fingerprint density at radius 1 is 1.12 bits per heavy atom. The number of benzene rings is 2. The largest absolute Gasteiger partial charge is 0.326 e. The van der Waals surface area contributed by atoms with E-state index in [1.165, 1.54) is 33.4 Å². The third-order valence-corrected chi connectivity index (χ3v) is 3.33. The molecule has 2 aromatic rings. The fourth-order valence-electron chi connectivity index (χ4n) is 2.71. The quantitative estimate of drug-likeness (QED) is 0.655. The molecule has 0 aliphatic heterocycles. The summed E-state index contributed by atoms with van der Waals surface area (Å²) in [5.41, 5.74) is 14.1. The van der Waals surface area contributed by atoms with Gasteiger partial charge in [0, 0.05) is 6.54 Å². The standard InChI is InChI=1S/C15H15N/c1-10-6-12-8-11-4-2-3-5-14(11)15(12)13(7-10)9-16/h2-7H,8-9,16H2,1H3. The van der Waals surface area contributed by atoms with E-state index in [0.717, 1.165) is 6.42 Å². The third kappa shape index (κ3) is 1.29. The van der Waals surface area contributed by atoms with E-state index in [-0.39, 0.29) is 0 Å². The number of hydrogen-bond donors (Lipinski definition) is 1. The van der Waals surface area contributed by atoms with Crippen molar-refractivity contribution in [2.75, 3.05) is 0 Å². The molecule has 0 heterocycles. The van der Waals surface area contributed by atoms with Crippen LogP contribution in [0.25, 0.3) is 11.1 Å². The van der Waals surface area contributed by atoms with Gasteiger partial charge in [-0.2, -0.15) is 0 Å². The summed E-state index contributed by atoms with van der Waals surface area (Å²) in [5.74, 6) is 0. The van der Waals surface area contributed by atoms with Gasteiger partial charge in [-0.05, 0) is 41.2 Å². The van der Waals surface area contributed by atoms with Crippen LogP contribution in [0.1, 0.15) is 22.3 Å². The highest BCUT2D eigenvalue weighted by Gasteiger charge is 2.20. The lowest BCUT2D eigenvalue weighted by Gasteiger charge is -2.09. The molecular weight excluding hydrogens is 194 g/mol. The first kappa shape index (κ1) is 9.61. The first-order chi connectivity index (χ1) is 7.79. The normalized spacial score (nSPS) is 12.4. The molecule has 16 heavy (non-hydrogen) atoms. The van der Waals surface area contributed by atoms with Gasteiger partial charge in [0.15, 0.2) is 0 Å². The highest BCUT2D eigenvalue weighted by molar-refractivity contribution is 5.79. The number of fused-ring (bicyclic) bond motifs is 3. The van der Waals surface area contributed by atoms with Crippen molar-refractivity contribution in [2.24, 2.45) is 5.73 Å². The van der Waals surface area contributed by atoms with E-state index in [0.29, 0.717) is 6.54 Å². The summed E-state index contributed by atoms with van der Waals surface area (Å²) in [7, 11) is 0. The topological polar surface area (TPSA) is 26.0 Å². The molecule has 1 aliphatic rings. The zero-order chi connectivity index (χ0) is 11.1. The Bertz CT molecular complexity index is 555. The molecular formula is C15H15N. The van der Waals surface area contributed by atoms with Gasteiger partial charge in [-0.1, -0.05) is 42.0 Å². The van der Waals surface area contributed by atoms with E-state index < -0.39 is 0 Å². The molecule has 0 amide bonds. The van der Waals surface area contributed by atoms with Crippen LogP contribution in [-0.4, -0.2) is 0 Å². The fourth-order valence-corrected chi connectivity index (χ4v) is 2.71. The van der Waals surface area contributed by atoms with Crippen LogP contribution in [0.5, 0.6) is 0 Å². The van der Waals surface area contributed by atoms with Crippen LogP contribution < -0.4 is 5.73 Å². The van der Waals surface area contributed by atoms with E-state index in [1.54, 1.807) is 0 Å². The fraction of sp³-hybridized carbons (Fsp3) is 0.200. The van der Waals surface area contributed by atoms with Gasteiger partial charge in [-0.15, -0.1) is 0 Å². The summed E-state index contributed by atoms with van der Waals surface area (Å²) < 4.78 is 0. The molecule has 0 fully saturated rings. The van der Waals surface area contributed by atoms with E-state index in [4.69, 9.17) is 5.73 Å². The number of aryl methyl sites for hydroxylation is 1. The second kappa shape index (κ2) is 3.46. The molecule has 0 saturated heterocycles. The third-order valence-electron chi connectivity index (χ3n) is 3.33. The molecule has 2 aromatic carbocycles. The molecule has 0 spiro atoms. The lowest BCUT2D eigenvalue weighted by molar-refractivity contribution is 1.06. The Hall–Kier alpha value is -1.60. The van der Waals surface area contributed by atoms with Gasteiger partial charge >= 0.3 is 0 Å². The van der Waals surface area contributed by atoms with Crippen LogP contribution >= 0.6 is 0 Å². The zero-order valence-electron chi connectivity index (χ0n) is 9.46. The molecule has 0 aromatic heterocycles. The molecule has 3 rings (SSSR count). The predicted octanol–water partition coefficient (Wildman–Crippen LogP) is 3.02. The maximum atomic E-state index is 5.85. The second-order valence-electron chi connectivity index (χ2n) is 4.50. The van der Waals surface area contributed by atoms with Crippen molar-refractivity contribution in [2.45, 2.75) is 19.9 Å². The highest BCUT2D eigenvalue weighted by atomic mass is 14.5. The Balaban J connectivity index is 2.30. The van der Waals surface area contributed by atoms with Crippen LogP contribution in [0.2, 0.25) is 0 Å². The smallest absolute Gasteiger partial charge is 0.0184 e. The summed E-state index contributed by atoms with van der Waals surface area (Å²) in [4.78, 5) is 0. The van der Waals surface area contributed by atoms with Gasteiger partial charge in [-0.3, -0.25) is 0 Å². The number of rotatable bonds is 1. The Kier molecular flexibility index (Phi) is 2.08. The van der Waals surface area contributed by atoms with Crippen molar-refractivity contribution < 1.29 is 0 Å². The van der Waals surface area contributed by atoms with Crippen LogP contribution in [0.4, 0.5) is 0 Å². The Morgan fingerprint density at radius 3 is 2.75 bits per heavy atom. The van der Waals surface area contributed by atoms with Gasteiger partial charge in [0.1, 0.15) is 0 Å². The van der Waals surface area contributed by atoms with Gasteiger partial charge in [0.05, 0.1) is 0 Å². The SMILES string of the molecule is Cc1cc(CN)c2c(c1)Cc1ccccc1-2. The molecule has 0 unspecified atom stereocenters. The van der Waals surface area contributed by atoms with Crippen molar-refractivity contribution in [3.05, 3.63) is 58.7 Å². The molecule has 1 aliphatic carbocycles. The van der Waals surface area contributed by atoms with Crippen molar-refractivity contribution in [1.82, 2.24) is 0 Å². The van der Waals surface area contributed by atoms with Crippen molar-refractivity contribution in [3.63, 3.8) is 0 Å². The number of hydrogen-bond acceptors (Lipinski definition) is 1. The summed E-state index contributed by atoms with van der Waals surface area (Å²) in [6, 6.07) is 13.1. The molecule has 2 N–H and O–H groups in total. The molecule has 1 nitrogen and oxygen atoms in total. The van der Waals surface area contributed by atoms with E-state index in [1.807, 2.05) is 0 Å². The Labute approximate surface area is 95.9 Å². The van der Waals surface area contributed by atoms with Crippen LogP contribution in [0.3, 0.4) is 0 Å². The number of nitrogens with two attached hydrogens (primary N) is 1. The van der Waals surface area contributed by atoms with Crippen LogP contribution in [-0.2, 0) is 13.0 Å².